The molecular formula is C38H30N4S4. The second-order valence-electron chi connectivity index (χ2n) is 9.46. The first-order valence-corrected chi connectivity index (χ1v) is 17.7. The van der Waals surface area contributed by atoms with E-state index in [2.05, 4.69) is 228 Å². The number of aromatic nitrogens is 4. The van der Waals surface area contributed by atoms with E-state index < -0.39 is 0 Å². The van der Waals surface area contributed by atoms with Gasteiger partial charge in [0.15, 0.2) is 29.4 Å². The molecule has 0 aliphatic rings. The fraction of sp³-hybridized carbons (Fsp3) is 0. The Labute approximate surface area is 287 Å². The van der Waals surface area contributed by atoms with Crippen LogP contribution in [0.5, 0.6) is 0 Å². The molecule has 7 rings (SSSR count). The van der Waals surface area contributed by atoms with Crippen molar-refractivity contribution >= 4 is 47.0 Å². The monoisotopic (exact) mass is 670 g/mol. The van der Waals surface area contributed by atoms with Crippen LogP contribution in [0.4, 0.5) is 0 Å². The maximum absolute atomic E-state index is 4.48. The van der Waals surface area contributed by atoms with E-state index in [1.165, 1.54) is 29.4 Å². The average molecular weight is 671 g/mol. The lowest BCUT2D eigenvalue weighted by molar-refractivity contribution is 0.668. The van der Waals surface area contributed by atoms with Crippen molar-refractivity contribution in [3.63, 3.8) is 0 Å². The summed E-state index contributed by atoms with van der Waals surface area (Å²) in [5.41, 5.74) is 0. The molecule has 7 aromatic rings. The molecule has 0 aliphatic carbocycles. The van der Waals surface area contributed by atoms with Crippen LogP contribution in [0.2, 0.25) is 0 Å². The summed E-state index contributed by atoms with van der Waals surface area (Å²) >= 11 is 8.96. The van der Waals surface area contributed by atoms with Crippen LogP contribution >= 0.6 is 0 Å². The summed E-state index contributed by atoms with van der Waals surface area (Å²) in [7, 11) is -0.0293. The second kappa shape index (κ2) is 17.8. The van der Waals surface area contributed by atoms with Crippen LogP contribution in [0.15, 0.2) is 222 Å². The van der Waals surface area contributed by atoms with Gasteiger partial charge in [-0.2, -0.15) is 20.4 Å². The summed E-state index contributed by atoms with van der Waals surface area (Å²) < 4.78 is 0. The molecule has 6 aromatic carbocycles. The zero-order valence-corrected chi connectivity index (χ0v) is 28.0. The van der Waals surface area contributed by atoms with Gasteiger partial charge in [-0.1, -0.05) is 109 Å². The molecule has 0 saturated heterocycles. The van der Waals surface area contributed by atoms with Crippen molar-refractivity contribution in [3.8, 4) is 0 Å². The Morgan fingerprint density at radius 2 is 0.413 bits per heavy atom. The van der Waals surface area contributed by atoms with Gasteiger partial charge in [-0.15, -0.1) is 0 Å². The summed E-state index contributed by atoms with van der Waals surface area (Å²) in [4.78, 5) is 8.17. The molecule has 8 heteroatoms. The van der Waals surface area contributed by atoms with Crippen molar-refractivity contribution < 1.29 is 0 Å². The Balaban J connectivity index is 0.000000147. The highest BCUT2D eigenvalue weighted by atomic mass is 32.2. The standard InChI is InChI=1S/2C18H15S.C2H2N4S2/c2*1-4-10-16(11-5-1)19(17-12-6-2-7-13-17)18-14-8-3-9-15-18;7-1-3-5-2(8)6-4-1/h2*1-15H;(H,3,4,7)(H,5,6,8)/q2*+1;/p-2. The Bertz CT molecular complexity index is 1510. The van der Waals surface area contributed by atoms with E-state index in [9.17, 15) is 0 Å². The molecule has 0 aliphatic heterocycles. The molecule has 0 N–H and O–H groups in total. The zero-order valence-electron chi connectivity index (χ0n) is 24.7. The van der Waals surface area contributed by atoms with Crippen LogP contribution in [0.25, 0.3) is 0 Å². The lowest BCUT2D eigenvalue weighted by atomic mass is 10.4. The summed E-state index contributed by atoms with van der Waals surface area (Å²) in [6.45, 7) is 0. The molecule has 226 valence electrons. The van der Waals surface area contributed by atoms with Gasteiger partial charge < -0.3 is 25.3 Å². The van der Waals surface area contributed by atoms with Gasteiger partial charge in [0.1, 0.15) is 0 Å². The molecule has 0 radical (unpaired) electrons. The minimum Gasteiger partial charge on any atom is -0.736 e. The fourth-order valence-electron chi connectivity index (χ4n) is 4.37. The maximum Gasteiger partial charge on any atom is 0.166 e. The highest BCUT2D eigenvalue weighted by molar-refractivity contribution is 7.97. The van der Waals surface area contributed by atoms with Gasteiger partial charge in [0.25, 0.3) is 0 Å². The van der Waals surface area contributed by atoms with Crippen molar-refractivity contribution in [2.24, 2.45) is 0 Å². The molecule has 0 bridgehead atoms. The first-order valence-electron chi connectivity index (χ1n) is 14.4. The molecular weight excluding hydrogens is 641 g/mol. The maximum atomic E-state index is 4.48. The quantitative estimate of drug-likeness (QED) is 0.130. The molecule has 1 heterocycles. The van der Waals surface area contributed by atoms with Gasteiger partial charge in [0.05, 0.1) is 32.1 Å². The highest BCUT2D eigenvalue weighted by Crippen LogP contribution is 2.31. The Morgan fingerprint density at radius 1 is 0.261 bits per heavy atom. The Kier molecular flexibility index (Phi) is 12.7. The van der Waals surface area contributed by atoms with E-state index in [4.69, 9.17) is 0 Å². The van der Waals surface area contributed by atoms with Gasteiger partial charge in [-0.05, 0) is 72.8 Å². The van der Waals surface area contributed by atoms with E-state index in [1.807, 2.05) is 0 Å². The lowest BCUT2D eigenvalue weighted by Crippen LogP contribution is -2.04. The first-order chi connectivity index (χ1) is 22.7. The molecule has 4 nitrogen and oxygen atoms in total. The minimum absolute atomic E-state index is 0.0146. The SMILES string of the molecule is [S-]c1nnc([S-])nn1.c1ccc([S+](c2ccccc2)c2ccccc2)cc1.c1ccc([S+](c2ccccc2)c2ccccc2)cc1. The van der Waals surface area contributed by atoms with Gasteiger partial charge in [-0.25, -0.2) is 0 Å². The Morgan fingerprint density at radius 3 is 0.565 bits per heavy atom. The lowest BCUT2D eigenvalue weighted by Gasteiger charge is -2.07. The summed E-state index contributed by atoms with van der Waals surface area (Å²) in [6, 6.07) is 64.3. The number of hydrogen-bond acceptors (Lipinski definition) is 6. The van der Waals surface area contributed by atoms with Crippen LogP contribution in [-0.2, 0) is 47.0 Å². The zero-order chi connectivity index (χ0) is 31.8. The van der Waals surface area contributed by atoms with Gasteiger partial charge in [0, 0.05) is 0 Å². The van der Waals surface area contributed by atoms with Crippen molar-refractivity contribution in [2.75, 3.05) is 0 Å². The third kappa shape index (κ3) is 9.70. The van der Waals surface area contributed by atoms with Gasteiger partial charge in [-0.3, -0.25) is 0 Å². The number of hydrogen-bond donors (Lipinski definition) is 0. The normalized spacial score (nSPS) is 10.3. The number of rotatable bonds is 6. The number of nitrogens with zero attached hydrogens (tertiary/aromatic N) is 4. The summed E-state index contributed by atoms with van der Waals surface area (Å²) in [5, 5.41) is 13.7. The molecule has 46 heavy (non-hydrogen) atoms. The van der Waals surface area contributed by atoms with E-state index in [-0.39, 0.29) is 32.1 Å². The average Bonchev–Trinajstić information content (AvgIpc) is 3.13. The summed E-state index contributed by atoms with van der Waals surface area (Å²) in [6.07, 6.45) is 0. The molecule has 0 unspecified atom stereocenters. The van der Waals surface area contributed by atoms with Crippen LogP contribution in [-0.4, -0.2) is 20.4 Å². The van der Waals surface area contributed by atoms with E-state index in [0.29, 0.717) is 0 Å². The highest BCUT2D eigenvalue weighted by Gasteiger charge is 2.28. The largest absolute Gasteiger partial charge is 0.736 e. The van der Waals surface area contributed by atoms with Crippen molar-refractivity contribution in [1.82, 2.24) is 20.4 Å². The van der Waals surface area contributed by atoms with E-state index in [1.54, 1.807) is 0 Å². The van der Waals surface area contributed by atoms with Crippen molar-refractivity contribution in [1.29, 1.82) is 0 Å². The second-order valence-corrected chi connectivity index (χ2v) is 14.2. The molecule has 0 fully saturated rings. The fourth-order valence-corrected chi connectivity index (χ4v) is 8.74. The minimum atomic E-state index is -0.0146. The van der Waals surface area contributed by atoms with Gasteiger partial charge in [0.2, 0.25) is 0 Å². The van der Waals surface area contributed by atoms with Crippen molar-refractivity contribution in [3.05, 3.63) is 182 Å². The van der Waals surface area contributed by atoms with Gasteiger partial charge >= 0.3 is 0 Å². The van der Waals surface area contributed by atoms with Crippen LogP contribution in [0, 0.1) is 0 Å². The third-order valence-corrected chi connectivity index (χ3v) is 11.1. The molecule has 0 atom stereocenters. The van der Waals surface area contributed by atoms with Crippen LogP contribution < -0.4 is 0 Å². The topological polar surface area (TPSA) is 51.6 Å². The number of benzene rings is 6. The van der Waals surface area contributed by atoms with E-state index in [0.717, 1.165) is 0 Å². The van der Waals surface area contributed by atoms with E-state index >= 15 is 0 Å². The van der Waals surface area contributed by atoms with Crippen LogP contribution in [0.3, 0.4) is 0 Å². The summed E-state index contributed by atoms with van der Waals surface area (Å²) in [5.74, 6) is 0. The van der Waals surface area contributed by atoms with Crippen LogP contribution in [0.1, 0.15) is 0 Å². The smallest absolute Gasteiger partial charge is 0.166 e. The Hall–Kier alpha value is -4.60. The molecule has 0 amide bonds. The molecule has 1 aromatic heterocycles. The van der Waals surface area contributed by atoms with Crippen molar-refractivity contribution in [2.45, 2.75) is 39.7 Å². The third-order valence-electron chi connectivity index (χ3n) is 6.32. The molecule has 0 spiro atoms. The predicted molar refractivity (Wildman–Crippen MR) is 192 cm³/mol. The first kappa shape index (κ1) is 32.8. The predicted octanol–water partition coefficient (Wildman–Crippen LogP) is 8.64. The molecule has 0 saturated carbocycles.